The summed E-state index contributed by atoms with van der Waals surface area (Å²) in [5.41, 5.74) is 0.500. The highest BCUT2D eigenvalue weighted by atomic mass is 35.5. The van der Waals surface area contributed by atoms with Crippen LogP contribution in [0.1, 0.15) is 43.0 Å². The highest BCUT2D eigenvalue weighted by Gasteiger charge is 2.26. The van der Waals surface area contributed by atoms with Crippen molar-refractivity contribution in [2.45, 2.75) is 38.6 Å². The van der Waals surface area contributed by atoms with Gasteiger partial charge in [-0.3, -0.25) is 4.79 Å². The fourth-order valence-corrected chi connectivity index (χ4v) is 2.73. The summed E-state index contributed by atoms with van der Waals surface area (Å²) in [5, 5.41) is 0.290. The number of rotatable bonds is 2. The van der Waals surface area contributed by atoms with Crippen molar-refractivity contribution in [2.24, 2.45) is 5.92 Å². The molecule has 0 atom stereocenters. The van der Waals surface area contributed by atoms with Crippen molar-refractivity contribution < 1.29 is 4.79 Å². The van der Waals surface area contributed by atoms with Crippen LogP contribution in [0.2, 0.25) is 5.15 Å². The smallest absolute Gasteiger partial charge is 0.256 e. The highest BCUT2D eigenvalue weighted by Crippen LogP contribution is 2.27. The van der Waals surface area contributed by atoms with Crippen LogP contribution in [0.25, 0.3) is 0 Å². The minimum Gasteiger partial charge on any atom is -0.339 e. The van der Waals surface area contributed by atoms with E-state index >= 15 is 0 Å². The van der Waals surface area contributed by atoms with Crippen molar-refractivity contribution in [3.8, 4) is 0 Å². The molecule has 0 N–H and O–H groups in total. The maximum Gasteiger partial charge on any atom is 0.256 e. The maximum absolute atomic E-state index is 12.3. The van der Waals surface area contributed by atoms with Gasteiger partial charge in [0.05, 0.1) is 5.56 Å². The molecular weight excluding hydrogens is 248 g/mol. The number of hydrogen-bond donors (Lipinski definition) is 0. The summed E-state index contributed by atoms with van der Waals surface area (Å²) < 4.78 is 0. The summed E-state index contributed by atoms with van der Waals surface area (Å²) in [5.74, 6) is 0.763. The van der Waals surface area contributed by atoms with E-state index in [1.807, 2.05) is 11.9 Å². The lowest BCUT2D eigenvalue weighted by molar-refractivity contribution is 0.0679. The minimum atomic E-state index is -0.0207. The average Bonchev–Trinajstić information content (AvgIpc) is 2.38. The molecular formula is C14H19ClN2O. The Kier molecular flexibility index (Phi) is 4.23. The molecule has 0 radical (unpaired) electrons. The fraction of sp³-hybridized carbons (Fsp3) is 0.571. The van der Waals surface area contributed by atoms with Crippen LogP contribution in [0.3, 0.4) is 0 Å². The molecule has 1 aliphatic rings. The Labute approximate surface area is 113 Å². The zero-order valence-electron chi connectivity index (χ0n) is 10.9. The molecule has 1 aromatic rings. The zero-order chi connectivity index (χ0) is 13.1. The average molecular weight is 267 g/mol. The molecule has 3 nitrogen and oxygen atoms in total. The molecule has 0 spiro atoms. The van der Waals surface area contributed by atoms with Crippen molar-refractivity contribution >= 4 is 17.5 Å². The summed E-state index contributed by atoms with van der Waals surface area (Å²) in [4.78, 5) is 18.1. The van der Waals surface area contributed by atoms with Crippen LogP contribution in [-0.2, 0) is 0 Å². The second kappa shape index (κ2) is 5.70. The molecule has 2 rings (SSSR count). The lowest BCUT2D eigenvalue weighted by Crippen LogP contribution is -2.39. The molecule has 0 aromatic carbocycles. The van der Waals surface area contributed by atoms with E-state index in [4.69, 9.17) is 11.6 Å². The van der Waals surface area contributed by atoms with Gasteiger partial charge in [0, 0.05) is 19.3 Å². The van der Waals surface area contributed by atoms with E-state index in [2.05, 4.69) is 11.9 Å². The summed E-state index contributed by atoms with van der Waals surface area (Å²) in [7, 11) is 1.87. The molecule has 0 aliphatic heterocycles. The molecule has 1 fully saturated rings. The number of pyridine rings is 1. The Morgan fingerprint density at radius 3 is 2.67 bits per heavy atom. The van der Waals surface area contributed by atoms with Crippen LogP contribution in [0.5, 0.6) is 0 Å². The monoisotopic (exact) mass is 266 g/mol. The summed E-state index contributed by atoms with van der Waals surface area (Å²) in [6.45, 7) is 2.27. The van der Waals surface area contributed by atoms with E-state index in [1.165, 1.54) is 12.8 Å². The van der Waals surface area contributed by atoms with E-state index in [0.29, 0.717) is 16.8 Å². The predicted molar refractivity (Wildman–Crippen MR) is 72.8 cm³/mol. The first-order chi connectivity index (χ1) is 8.59. The molecule has 0 saturated heterocycles. The van der Waals surface area contributed by atoms with Crippen LogP contribution in [0.4, 0.5) is 0 Å². The largest absolute Gasteiger partial charge is 0.339 e. The summed E-state index contributed by atoms with van der Waals surface area (Å²) in [6.07, 6.45) is 6.16. The van der Waals surface area contributed by atoms with E-state index < -0.39 is 0 Å². The van der Waals surface area contributed by atoms with Crippen molar-refractivity contribution in [3.63, 3.8) is 0 Å². The standard InChI is InChI=1S/C14H19ClN2O/c1-10-5-7-11(8-6-10)17(2)14(18)12-4-3-9-16-13(12)15/h3-4,9-11H,5-8H2,1-2H3. The number of halogens is 1. The SMILES string of the molecule is CC1CCC(N(C)C(=O)c2cccnc2Cl)CC1. The lowest BCUT2D eigenvalue weighted by atomic mass is 9.86. The molecule has 1 heterocycles. The Bertz CT molecular complexity index is 428. The van der Waals surface area contributed by atoms with Gasteiger partial charge < -0.3 is 4.90 Å². The van der Waals surface area contributed by atoms with Crippen LogP contribution in [0, 0.1) is 5.92 Å². The normalized spacial score (nSPS) is 23.7. The molecule has 1 saturated carbocycles. The van der Waals surface area contributed by atoms with Crippen LogP contribution in [-0.4, -0.2) is 28.9 Å². The van der Waals surface area contributed by atoms with Gasteiger partial charge in [0.1, 0.15) is 5.15 Å². The van der Waals surface area contributed by atoms with Crippen LogP contribution in [0.15, 0.2) is 18.3 Å². The third kappa shape index (κ3) is 2.83. The quantitative estimate of drug-likeness (QED) is 0.769. The fourth-order valence-electron chi connectivity index (χ4n) is 2.53. The molecule has 1 amide bonds. The second-order valence-corrected chi connectivity index (χ2v) is 5.53. The Morgan fingerprint density at radius 1 is 1.39 bits per heavy atom. The first kappa shape index (κ1) is 13.3. The topological polar surface area (TPSA) is 33.2 Å². The minimum absolute atomic E-state index is 0.0207. The number of carbonyl (C=O) groups excluding carboxylic acids is 1. The highest BCUT2D eigenvalue weighted by molar-refractivity contribution is 6.32. The van der Waals surface area contributed by atoms with Gasteiger partial charge >= 0.3 is 0 Å². The molecule has 1 aliphatic carbocycles. The van der Waals surface area contributed by atoms with E-state index in [-0.39, 0.29) is 5.91 Å². The molecule has 0 unspecified atom stereocenters. The van der Waals surface area contributed by atoms with Crippen molar-refractivity contribution in [1.29, 1.82) is 0 Å². The molecule has 98 valence electrons. The van der Waals surface area contributed by atoms with Gasteiger partial charge in [0.15, 0.2) is 0 Å². The van der Waals surface area contributed by atoms with Crippen LogP contribution >= 0.6 is 11.6 Å². The number of carbonyl (C=O) groups is 1. The van der Waals surface area contributed by atoms with Crippen molar-refractivity contribution in [2.75, 3.05) is 7.05 Å². The van der Waals surface area contributed by atoms with Gasteiger partial charge in [0.2, 0.25) is 0 Å². The third-order valence-electron chi connectivity index (χ3n) is 3.84. The molecule has 18 heavy (non-hydrogen) atoms. The van der Waals surface area contributed by atoms with E-state index in [0.717, 1.165) is 18.8 Å². The van der Waals surface area contributed by atoms with Gasteiger partial charge in [-0.25, -0.2) is 4.98 Å². The zero-order valence-corrected chi connectivity index (χ0v) is 11.7. The number of nitrogens with zero attached hydrogens (tertiary/aromatic N) is 2. The first-order valence-electron chi connectivity index (χ1n) is 6.47. The van der Waals surface area contributed by atoms with Crippen LogP contribution < -0.4 is 0 Å². The Morgan fingerprint density at radius 2 is 2.06 bits per heavy atom. The molecule has 4 heteroatoms. The number of hydrogen-bond acceptors (Lipinski definition) is 2. The van der Waals surface area contributed by atoms with Gasteiger partial charge in [-0.1, -0.05) is 18.5 Å². The first-order valence-corrected chi connectivity index (χ1v) is 6.85. The predicted octanol–water partition coefficient (Wildman–Crippen LogP) is 3.39. The lowest BCUT2D eigenvalue weighted by Gasteiger charge is -2.33. The maximum atomic E-state index is 12.3. The third-order valence-corrected chi connectivity index (χ3v) is 4.14. The van der Waals surface area contributed by atoms with Gasteiger partial charge in [-0.2, -0.15) is 0 Å². The van der Waals surface area contributed by atoms with Crippen molar-refractivity contribution in [3.05, 3.63) is 29.0 Å². The van der Waals surface area contributed by atoms with E-state index in [1.54, 1.807) is 18.3 Å². The summed E-state index contributed by atoms with van der Waals surface area (Å²) >= 11 is 5.97. The second-order valence-electron chi connectivity index (χ2n) is 5.17. The van der Waals surface area contributed by atoms with Crippen molar-refractivity contribution in [1.82, 2.24) is 9.88 Å². The Balaban J connectivity index is 2.07. The Hall–Kier alpha value is -1.09. The molecule has 0 bridgehead atoms. The van der Waals surface area contributed by atoms with Gasteiger partial charge in [-0.15, -0.1) is 0 Å². The molecule has 1 aromatic heterocycles. The van der Waals surface area contributed by atoms with E-state index in [9.17, 15) is 4.79 Å². The van der Waals surface area contributed by atoms with Gasteiger partial charge in [-0.05, 0) is 43.7 Å². The number of aromatic nitrogens is 1. The van der Waals surface area contributed by atoms with Gasteiger partial charge in [0.25, 0.3) is 5.91 Å². The summed E-state index contributed by atoms with van der Waals surface area (Å²) in [6, 6.07) is 3.82. The number of amides is 1.